The molecule has 0 unspecified atom stereocenters. The van der Waals surface area contributed by atoms with E-state index in [2.05, 4.69) is 24.0 Å². The highest BCUT2D eigenvalue weighted by molar-refractivity contribution is 5.79. The van der Waals surface area contributed by atoms with Gasteiger partial charge in [0.05, 0.1) is 35.5 Å². The number of ether oxygens (including phenoxy) is 1. The maximum absolute atomic E-state index is 13.0. The van der Waals surface area contributed by atoms with E-state index in [0.29, 0.717) is 35.4 Å². The van der Waals surface area contributed by atoms with Gasteiger partial charge in [-0.25, -0.2) is 4.98 Å². The second-order valence-corrected chi connectivity index (χ2v) is 8.87. The number of fused-ring (bicyclic) bond motifs is 2. The van der Waals surface area contributed by atoms with Crippen LogP contribution in [0.3, 0.4) is 0 Å². The minimum Gasteiger partial charge on any atom is -0.483 e. The third-order valence-electron chi connectivity index (χ3n) is 6.75. The number of carbonyl (C=O) groups excluding carboxylic acids is 1. The van der Waals surface area contributed by atoms with Crippen LogP contribution in [0.1, 0.15) is 12.8 Å². The van der Waals surface area contributed by atoms with Gasteiger partial charge >= 0.3 is 0 Å². The molecule has 0 radical (unpaired) electrons. The number of rotatable bonds is 4. The van der Waals surface area contributed by atoms with Crippen LogP contribution >= 0.6 is 0 Å². The van der Waals surface area contributed by atoms with Gasteiger partial charge in [-0.3, -0.25) is 19.0 Å². The lowest BCUT2D eigenvalue weighted by Crippen LogP contribution is -2.40. The fourth-order valence-corrected chi connectivity index (χ4v) is 5.51. The Morgan fingerprint density at radius 2 is 2.13 bits per heavy atom. The maximum atomic E-state index is 13.0. The number of benzene rings is 1. The second-order valence-electron chi connectivity index (χ2n) is 8.87. The summed E-state index contributed by atoms with van der Waals surface area (Å²) in [5.74, 6) is 0.842. The molecule has 166 valence electrons. The highest BCUT2D eigenvalue weighted by Crippen LogP contribution is 2.54. The molecule has 1 aromatic carbocycles. The van der Waals surface area contributed by atoms with E-state index in [1.54, 1.807) is 6.07 Å². The fourth-order valence-electron chi connectivity index (χ4n) is 5.51. The van der Waals surface area contributed by atoms with Gasteiger partial charge in [0.15, 0.2) is 0 Å². The predicted molar refractivity (Wildman–Crippen MR) is 114 cm³/mol. The van der Waals surface area contributed by atoms with E-state index in [1.807, 2.05) is 23.1 Å². The Balaban J connectivity index is 0.000000730. The quantitative estimate of drug-likeness (QED) is 0.714. The van der Waals surface area contributed by atoms with Crippen LogP contribution in [0, 0.1) is 11.8 Å². The van der Waals surface area contributed by atoms with Crippen LogP contribution in [0.5, 0.6) is 0 Å². The minimum atomic E-state index is -0.250. The number of nitrogens with zero attached hydrogens (tertiary/aromatic N) is 4. The Morgan fingerprint density at radius 1 is 1.39 bits per heavy atom. The number of likely N-dealkylation sites (tertiary alicyclic amines) is 1. The van der Waals surface area contributed by atoms with Gasteiger partial charge in [0, 0.05) is 24.9 Å². The number of aromatic nitrogens is 2. The average Bonchev–Trinajstić information content (AvgIpc) is 3.40. The third-order valence-corrected chi connectivity index (χ3v) is 6.75. The SMILES string of the molecule is CN(C)C[C@H]1[C@@H]2CC[C@@]3(CN(C(=O)Cn4cnc5ccccc5c4=O)C[C@@H]13)O2.O=CO. The van der Waals surface area contributed by atoms with E-state index in [9.17, 15) is 9.59 Å². The molecule has 3 fully saturated rings. The molecule has 1 N–H and O–H groups in total. The molecule has 3 aliphatic heterocycles. The third kappa shape index (κ3) is 3.83. The number of para-hydroxylation sites is 1. The second kappa shape index (κ2) is 8.39. The summed E-state index contributed by atoms with van der Waals surface area (Å²) < 4.78 is 7.83. The van der Waals surface area contributed by atoms with Crippen molar-refractivity contribution in [2.45, 2.75) is 31.1 Å². The van der Waals surface area contributed by atoms with Crippen molar-refractivity contribution < 1.29 is 19.4 Å². The van der Waals surface area contributed by atoms with Gasteiger partial charge in [0.2, 0.25) is 5.91 Å². The summed E-state index contributed by atoms with van der Waals surface area (Å²) in [5.41, 5.74) is 0.315. The molecule has 2 bridgehead atoms. The molecule has 3 saturated heterocycles. The van der Waals surface area contributed by atoms with Crippen LogP contribution in [-0.4, -0.2) is 82.3 Å². The van der Waals surface area contributed by atoms with Gasteiger partial charge in [0.1, 0.15) is 6.54 Å². The number of hydrogen-bond donors (Lipinski definition) is 1. The minimum absolute atomic E-state index is 0.0290. The molecule has 4 atom stereocenters. The summed E-state index contributed by atoms with van der Waals surface area (Å²) in [7, 11) is 4.19. The van der Waals surface area contributed by atoms with Crippen molar-refractivity contribution in [1.82, 2.24) is 19.4 Å². The first kappa shape index (κ1) is 21.5. The number of hydrogen-bond acceptors (Lipinski definition) is 6. The van der Waals surface area contributed by atoms with Crippen LogP contribution < -0.4 is 5.56 Å². The van der Waals surface area contributed by atoms with Crippen molar-refractivity contribution in [3.8, 4) is 0 Å². The van der Waals surface area contributed by atoms with Crippen LogP contribution in [0.2, 0.25) is 0 Å². The molecular weight excluding hydrogens is 400 g/mol. The Morgan fingerprint density at radius 3 is 2.87 bits per heavy atom. The smallest absolute Gasteiger partial charge is 0.290 e. The monoisotopic (exact) mass is 428 g/mol. The Bertz CT molecular complexity index is 1040. The van der Waals surface area contributed by atoms with E-state index in [4.69, 9.17) is 14.6 Å². The summed E-state index contributed by atoms with van der Waals surface area (Å²) in [4.78, 5) is 42.5. The van der Waals surface area contributed by atoms with Gasteiger partial charge in [-0.2, -0.15) is 0 Å². The molecule has 1 aromatic heterocycles. The molecule has 31 heavy (non-hydrogen) atoms. The lowest BCUT2D eigenvalue weighted by atomic mass is 9.73. The van der Waals surface area contributed by atoms with E-state index >= 15 is 0 Å². The molecule has 3 aliphatic rings. The molecule has 0 aliphatic carbocycles. The molecule has 9 nitrogen and oxygen atoms in total. The van der Waals surface area contributed by atoms with Crippen LogP contribution in [0.25, 0.3) is 10.9 Å². The molecule has 1 spiro atoms. The molecular formula is C22H28N4O5. The Labute approximate surface area is 180 Å². The zero-order valence-electron chi connectivity index (χ0n) is 17.8. The molecule has 1 amide bonds. The zero-order valence-corrected chi connectivity index (χ0v) is 17.8. The van der Waals surface area contributed by atoms with Gasteiger partial charge in [0.25, 0.3) is 12.0 Å². The van der Waals surface area contributed by atoms with Crippen molar-refractivity contribution in [3.63, 3.8) is 0 Å². The van der Waals surface area contributed by atoms with E-state index < -0.39 is 0 Å². The highest BCUT2D eigenvalue weighted by atomic mass is 16.5. The first-order chi connectivity index (χ1) is 14.9. The van der Waals surface area contributed by atoms with E-state index in [-0.39, 0.29) is 30.1 Å². The first-order valence-electron chi connectivity index (χ1n) is 10.5. The predicted octanol–water partition coefficient (Wildman–Crippen LogP) is 0.665. The normalized spacial score (nSPS) is 28.5. The van der Waals surface area contributed by atoms with Gasteiger partial charge < -0.3 is 19.6 Å². The molecule has 0 saturated carbocycles. The van der Waals surface area contributed by atoms with Gasteiger partial charge in [-0.1, -0.05) is 12.1 Å². The lowest BCUT2D eigenvalue weighted by molar-refractivity contribution is -0.132. The molecule has 2 aromatic rings. The Kier molecular flexibility index (Phi) is 5.81. The molecule has 5 rings (SSSR count). The van der Waals surface area contributed by atoms with Crippen molar-refractivity contribution in [3.05, 3.63) is 40.9 Å². The fraction of sp³-hybridized carbons (Fsp3) is 0.545. The highest BCUT2D eigenvalue weighted by Gasteiger charge is 2.63. The lowest BCUT2D eigenvalue weighted by Gasteiger charge is -2.30. The zero-order chi connectivity index (χ0) is 22.2. The van der Waals surface area contributed by atoms with E-state index in [0.717, 1.165) is 25.9 Å². The summed E-state index contributed by atoms with van der Waals surface area (Å²) in [6.07, 6.45) is 3.93. The van der Waals surface area contributed by atoms with Gasteiger partial charge in [-0.15, -0.1) is 0 Å². The summed E-state index contributed by atoms with van der Waals surface area (Å²) in [6, 6.07) is 7.23. The first-order valence-corrected chi connectivity index (χ1v) is 10.5. The number of amides is 1. The maximum Gasteiger partial charge on any atom is 0.290 e. The van der Waals surface area contributed by atoms with Gasteiger partial charge in [-0.05, 0) is 39.1 Å². The Hall–Kier alpha value is -2.78. The molecule has 9 heteroatoms. The number of carbonyl (C=O) groups is 2. The van der Waals surface area contributed by atoms with Crippen LogP contribution in [0.4, 0.5) is 0 Å². The number of carboxylic acid groups (broad SMARTS) is 1. The van der Waals surface area contributed by atoms with Crippen molar-refractivity contribution in [2.24, 2.45) is 11.8 Å². The average molecular weight is 428 g/mol. The summed E-state index contributed by atoms with van der Waals surface area (Å²) in [6.45, 7) is 2.14. The molecule has 4 heterocycles. The van der Waals surface area contributed by atoms with E-state index in [1.165, 1.54) is 10.9 Å². The largest absolute Gasteiger partial charge is 0.483 e. The summed E-state index contributed by atoms with van der Waals surface area (Å²) in [5, 5.41) is 7.43. The van der Waals surface area contributed by atoms with Crippen molar-refractivity contribution in [2.75, 3.05) is 33.7 Å². The summed E-state index contributed by atoms with van der Waals surface area (Å²) >= 11 is 0. The van der Waals surface area contributed by atoms with Crippen LogP contribution in [-0.2, 0) is 20.9 Å². The van der Waals surface area contributed by atoms with Crippen molar-refractivity contribution >= 4 is 23.3 Å². The standard InChI is InChI=1S/C21H26N4O3.CH2O2/c1-23(2)9-15-16-10-24(12-21(16)8-7-18(15)28-21)19(26)11-25-13-22-17-6-4-3-5-14(17)20(25)27;2-1-3/h3-6,13,15-16,18H,7-12H2,1-2H3;1H,(H,2,3)/t15-,16+,18+,21+;/m1./s1. The van der Waals surface area contributed by atoms with Crippen molar-refractivity contribution in [1.29, 1.82) is 0 Å². The van der Waals surface area contributed by atoms with Crippen LogP contribution in [0.15, 0.2) is 35.4 Å². The topological polar surface area (TPSA) is 105 Å².